The predicted molar refractivity (Wildman–Crippen MR) is 82.2 cm³/mol. The summed E-state index contributed by atoms with van der Waals surface area (Å²) in [5, 5.41) is 0. The molecule has 0 fully saturated rings. The van der Waals surface area contributed by atoms with Crippen LogP contribution >= 0.6 is 0 Å². The van der Waals surface area contributed by atoms with Crippen molar-refractivity contribution in [2.24, 2.45) is 5.84 Å². The minimum atomic E-state index is -0.381. The summed E-state index contributed by atoms with van der Waals surface area (Å²) in [7, 11) is 0. The summed E-state index contributed by atoms with van der Waals surface area (Å²) in [6.45, 7) is 3.93. The molecule has 5 heteroatoms. The van der Waals surface area contributed by atoms with Gasteiger partial charge in [-0.25, -0.2) is 9.82 Å². The minimum Gasteiger partial charge on any atom is -0.491 e. The monoisotopic (exact) mass is 289 g/mol. The van der Waals surface area contributed by atoms with Crippen molar-refractivity contribution >= 4 is 5.69 Å². The van der Waals surface area contributed by atoms with Crippen molar-refractivity contribution in [3.8, 4) is 5.75 Å². The van der Waals surface area contributed by atoms with Crippen molar-refractivity contribution in [3.63, 3.8) is 0 Å². The smallest absolute Gasteiger partial charge is 0.123 e. The molecule has 0 aliphatic heterocycles. The Kier molecular flexibility index (Phi) is 4.77. The third-order valence-corrected chi connectivity index (χ3v) is 3.11. The summed E-state index contributed by atoms with van der Waals surface area (Å²) >= 11 is 0. The van der Waals surface area contributed by atoms with Crippen LogP contribution in [0, 0.1) is 5.82 Å². The fraction of sp³-hybridized carbons (Fsp3) is 0.250. The van der Waals surface area contributed by atoms with Gasteiger partial charge in [-0.05, 0) is 49.7 Å². The molecule has 5 N–H and O–H groups in total. The van der Waals surface area contributed by atoms with Gasteiger partial charge >= 0.3 is 0 Å². The molecule has 0 radical (unpaired) electrons. The van der Waals surface area contributed by atoms with Gasteiger partial charge in [0.15, 0.2) is 0 Å². The zero-order valence-corrected chi connectivity index (χ0v) is 12.1. The van der Waals surface area contributed by atoms with Gasteiger partial charge in [0, 0.05) is 11.3 Å². The number of benzene rings is 2. The zero-order chi connectivity index (χ0) is 15.4. The number of hydrogen-bond donors (Lipinski definition) is 3. The first kappa shape index (κ1) is 15.3. The Bertz CT molecular complexity index is 599. The Labute approximate surface area is 123 Å². The van der Waals surface area contributed by atoms with Gasteiger partial charge < -0.3 is 10.5 Å². The Morgan fingerprint density at radius 3 is 2.33 bits per heavy atom. The summed E-state index contributed by atoms with van der Waals surface area (Å²) in [4.78, 5) is 0. The van der Waals surface area contributed by atoms with Crippen LogP contribution in [0.1, 0.15) is 31.0 Å². The number of rotatable bonds is 5. The summed E-state index contributed by atoms with van der Waals surface area (Å²) in [5.41, 5.74) is 10.6. The number of anilines is 1. The zero-order valence-electron chi connectivity index (χ0n) is 12.1. The van der Waals surface area contributed by atoms with Crippen LogP contribution in [0.5, 0.6) is 5.75 Å². The Hall–Kier alpha value is -2.11. The molecule has 2 rings (SSSR count). The first-order valence-corrected chi connectivity index (χ1v) is 6.79. The third-order valence-electron chi connectivity index (χ3n) is 3.11. The normalized spacial score (nSPS) is 12.4. The third kappa shape index (κ3) is 3.71. The summed E-state index contributed by atoms with van der Waals surface area (Å²) in [6.07, 6.45) is 0.109. The van der Waals surface area contributed by atoms with Crippen molar-refractivity contribution < 1.29 is 9.13 Å². The van der Waals surface area contributed by atoms with Crippen LogP contribution in [0.15, 0.2) is 42.5 Å². The molecule has 2 aromatic carbocycles. The van der Waals surface area contributed by atoms with Gasteiger partial charge in [-0.2, -0.15) is 0 Å². The maximum Gasteiger partial charge on any atom is 0.123 e. The molecule has 1 atom stereocenters. The molecule has 0 heterocycles. The SMILES string of the molecule is CC(C)Oc1ccc(C(NN)c2cc(F)ccc2N)cc1. The van der Waals surface area contributed by atoms with E-state index in [0.717, 1.165) is 11.3 Å². The quantitative estimate of drug-likeness (QED) is 0.449. The molecular weight excluding hydrogens is 269 g/mol. The Balaban J connectivity index is 2.31. The molecule has 4 nitrogen and oxygen atoms in total. The van der Waals surface area contributed by atoms with E-state index >= 15 is 0 Å². The van der Waals surface area contributed by atoms with E-state index in [0.29, 0.717) is 11.3 Å². The van der Waals surface area contributed by atoms with Gasteiger partial charge in [-0.1, -0.05) is 12.1 Å². The highest BCUT2D eigenvalue weighted by Crippen LogP contribution is 2.28. The van der Waals surface area contributed by atoms with E-state index in [4.69, 9.17) is 16.3 Å². The van der Waals surface area contributed by atoms with Gasteiger partial charge in [0.25, 0.3) is 0 Å². The van der Waals surface area contributed by atoms with E-state index in [1.54, 1.807) is 0 Å². The van der Waals surface area contributed by atoms with Crippen LogP contribution < -0.4 is 21.7 Å². The number of halogens is 1. The fourth-order valence-corrected chi connectivity index (χ4v) is 2.17. The van der Waals surface area contributed by atoms with Gasteiger partial charge in [0.2, 0.25) is 0 Å². The van der Waals surface area contributed by atoms with Crippen LogP contribution in [0.2, 0.25) is 0 Å². The summed E-state index contributed by atoms with van der Waals surface area (Å²) in [6, 6.07) is 11.3. The van der Waals surface area contributed by atoms with Gasteiger partial charge in [-0.3, -0.25) is 5.84 Å². The lowest BCUT2D eigenvalue weighted by Crippen LogP contribution is -2.29. The molecule has 21 heavy (non-hydrogen) atoms. The lowest BCUT2D eigenvalue weighted by molar-refractivity contribution is 0.242. The number of hydrazine groups is 1. The first-order valence-electron chi connectivity index (χ1n) is 6.79. The van der Waals surface area contributed by atoms with E-state index in [-0.39, 0.29) is 18.0 Å². The first-order chi connectivity index (χ1) is 10.0. The standard InChI is InChI=1S/C16H20FN3O/c1-10(2)21-13-6-3-11(4-7-13)16(20-19)14-9-12(17)5-8-15(14)18/h3-10,16,20H,18-19H2,1-2H3. The van der Waals surface area contributed by atoms with Crippen LogP contribution in [-0.4, -0.2) is 6.10 Å². The molecule has 0 spiro atoms. The largest absolute Gasteiger partial charge is 0.491 e. The summed E-state index contributed by atoms with van der Waals surface area (Å²) in [5.74, 6) is 6.04. The van der Waals surface area contributed by atoms with Crippen molar-refractivity contribution in [1.82, 2.24) is 5.43 Å². The molecule has 1 unspecified atom stereocenters. The molecule has 0 saturated heterocycles. The van der Waals surface area contributed by atoms with Crippen molar-refractivity contribution in [2.75, 3.05) is 5.73 Å². The number of ether oxygens (including phenoxy) is 1. The second-order valence-electron chi connectivity index (χ2n) is 5.11. The average molecular weight is 289 g/mol. The highest BCUT2D eigenvalue weighted by atomic mass is 19.1. The van der Waals surface area contributed by atoms with Crippen molar-refractivity contribution in [3.05, 3.63) is 59.4 Å². The maximum absolute atomic E-state index is 13.4. The van der Waals surface area contributed by atoms with Crippen molar-refractivity contribution in [2.45, 2.75) is 26.0 Å². The highest BCUT2D eigenvalue weighted by Gasteiger charge is 2.16. The van der Waals surface area contributed by atoms with Crippen LogP contribution in [0.4, 0.5) is 10.1 Å². The van der Waals surface area contributed by atoms with Crippen molar-refractivity contribution in [1.29, 1.82) is 0 Å². The molecule has 0 amide bonds. The molecule has 0 saturated carbocycles. The molecule has 2 aromatic rings. The molecular formula is C16H20FN3O. The number of nitrogens with two attached hydrogens (primary N) is 2. The number of nitrogens with one attached hydrogen (secondary N) is 1. The predicted octanol–water partition coefficient (Wildman–Crippen LogP) is 2.75. The lowest BCUT2D eigenvalue weighted by atomic mass is 9.97. The maximum atomic E-state index is 13.4. The van der Waals surface area contributed by atoms with E-state index in [1.165, 1.54) is 18.2 Å². The van der Waals surface area contributed by atoms with Crippen LogP contribution in [-0.2, 0) is 0 Å². The van der Waals surface area contributed by atoms with Crippen LogP contribution in [0.25, 0.3) is 0 Å². The highest BCUT2D eigenvalue weighted by molar-refractivity contribution is 5.51. The summed E-state index contributed by atoms with van der Waals surface area (Å²) < 4.78 is 19.0. The molecule has 0 bridgehead atoms. The Morgan fingerprint density at radius 2 is 1.76 bits per heavy atom. The van der Waals surface area contributed by atoms with Gasteiger partial charge in [0.05, 0.1) is 12.1 Å². The average Bonchev–Trinajstić information content (AvgIpc) is 2.44. The van der Waals surface area contributed by atoms with Crippen LogP contribution in [0.3, 0.4) is 0 Å². The lowest BCUT2D eigenvalue weighted by Gasteiger charge is -2.19. The van der Waals surface area contributed by atoms with E-state index in [9.17, 15) is 4.39 Å². The molecule has 112 valence electrons. The molecule has 0 aliphatic rings. The fourth-order valence-electron chi connectivity index (χ4n) is 2.17. The topological polar surface area (TPSA) is 73.3 Å². The second-order valence-corrected chi connectivity index (χ2v) is 5.11. The Morgan fingerprint density at radius 1 is 1.10 bits per heavy atom. The van der Waals surface area contributed by atoms with E-state index < -0.39 is 0 Å². The second kappa shape index (κ2) is 6.56. The minimum absolute atomic E-state index is 0.109. The van der Waals surface area contributed by atoms with E-state index in [2.05, 4.69) is 5.43 Å². The van der Waals surface area contributed by atoms with Gasteiger partial charge in [-0.15, -0.1) is 0 Å². The number of hydrogen-bond acceptors (Lipinski definition) is 4. The van der Waals surface area contributed by atoms with E-state index in [1.807, 2.05) is 38.1 Å². The molecule has 0 aliphatic carbocycles. The van der Waals surface area contributed by atoms with Gasteiger partial charge in [0.1, 0.15) is 11.6 Å². The molecule has 0 aromatic heterocycles. The number of nitrogen functional groups attached to an aromatic ring is 1.